The van der Waals surface area contributed by atoms with E-state index in [4.69, 9.17) is 11.6 Å². The minimum Gasteiger partial charge on any atom is -0.297 e. The van der Waals surface area contributed by atoms with Gasteiger partial charge in [-0.2, -0.15) is 0 Å². The smallest absolute Gasteiger partial charge is 0.0376 e. The van der Waals surface area contributed by atoms with Crippen LogP contribution < -0.4 is 0 Å². The molecule has 0 amide bonds. The van der Waals surface area contributed by atoms with Gasteiger partial charge in [0.1, 0.15) is 0 Å². The predicted molar refractivity (Wildman–Crippen MR) is 63.7 cm³/mol. The maximum Gasteiger partial charge on any atom is 0.0376 e. The van der Waals surface area contributed by atoms with Gasteiger partial charge in [-0.15, -0.1) is 22.9 Å². The summed E-state index contributed by atoms with van der Waals surface area (Å²) in [5.41, 5.74) is 0. The van der Waals surface area contributed by atoms with Gasteiger partial charge in [0.2, 0.25) is 0 Å². The lowest BCUT2D eigenvalue weighted by atomic mass is 10.3. The highest BCUT2D eigenvalue weighted by Crippen LogP contribution is 2.24. The van der Waals surface area contributed by atoms with E-state index in [1.165, 1.54) is 9.35 Å². The topological polar surface area (TPSA) is 3.24 Å². The number of rotatable bonds is 4. The van der Waals surface area contributed by atoms with E-state index in [0.717, 1.165) is 6.54 Å². The van der Waals surface area contributed by atoms with Gasteiger partial charge in [0.25, 0.3) is 0 Å². The molecule has 0 N–H and O–H groups in total. The third-order valence-corrected chi connectivity index (χ3v) is 4.42. The molecule has 0 radical (unpaired) electrons. The SMILES string of the molecule is CC(CCl)N(C)Cc1sccc1Br. The molecule has 0 spiro atoms. The molecule has 4 heteroatoms. The zero-order chi connectivity index (χ0) is 9.84. The Kier molecular flexibility index (Phi) is 4.73. The van der Waals surface area contributed by atoms with Crippen molar-refractivity contribution < 1.29 is 0 Å². The van der Waals surface area contributed by atoms with Crippen LogP contribution in [0.5, 0.6) is 0 Å². The summed E-state index contributed by atoms with van der Waals surface area (Å²) in [6.45, 7) is 3.10. The summed E-state index contributed by atoms with van der Waals surface area (Å²) in [5.74, 6) is 0.680. The van der Waals surface area contributed by atoms with E-state index in [-0.39, 0.29) is 0 Å². The van der Waals surface area contributed by atoms with Gasteiger partial charge in [-0.3, -0.25) is 4.90 Å². The summed E-state index contributed by atoms with van der Waals surface area (Å²) < 4.78 is 1.20. The Hall–Kier alpha value is 0.430. The molecule has 0 aliphatic carbocycles. The maximum absolute atomic E-state index is 5.78. The van der Waals surface area contributed by atoms with Crippen molar-refractivity contribution in [1.29, 1.82) is 0 Å². The number of nitrogens with zero attached hydrogens (tertiary/aromatic N) is 1. The Morgan fingerprint density at radius 3 is 2.85 bits per heavy atom. The molecule has 1 aromatic heterocycles. The monoisotopic (exact) mass is 281 g/mol. The van der Waals surface area contributed by atoms with E-state index in [1.807, 2.05) is 0 Å². The summed E-state index contributed by atoms with van der Waals surface area (Å²) in [5, 5.41) is 2.10. The molecule has 0 aromatic carbocycles. The van der Waals surface area contributed by atoms with Crippen LogP contribution in [0.3, 0.4) is 0 Å². The molecule has 0 aliphatic rings. The molecule has 74 valence electrons. The highest BCUT2D eigenvalue weighted by atomic mass is 79.9. The molecule has 0 aliphatic heterocycles. The molecule has 0 saturated heterocycles. The molecule has 0 bridgehead atoms. The van der Waals surface area contributed by atoms with Crippen molar-refractivity contribution in [2.45, 2.75) is 19.5 Å². The normalized spacial score (nSPS) is 13.6. The van der Waals surface area contributed by atoms with Crippen molar-refractivity contribution in [3.63, 3.8) is 0 Å². The van der Waals surface area contributed by atoms with Crippen LogP contribution in [0.1, 0.15) is 11.8 Å². The van der Waals surface area contributed by atoms with E-state index in [9.17, 15) is 0 Å². The van der Waals surface area contributed by atoms with Crippen molar-refractivity contribution in [1.82, 2.24) is 4.90 Å². The number of hydrogen-bond donors (Lipinski definition) is 0. The standard InChI is InChI=1S/C9H13BrClNS/c1-7(5-11)12(2)6-9-8(10)3-4-13-9/h3-4,7H,5-6H2,1-2H3. The summed E-state index contributed by atoms with van der Waals surface area (Å²) in [6.07, 6.45) is 0. The lowest BCUT2D eigenvalue weighted by Gasteiger charge is -2.21. The Balaban J connectivity index is 2.54. The van der Waals surface area contributed by atoms with E-state index in [1.54, 1.807) is 11.3 Å². The van der Waals surface area contributed by atoms with Gasteiger partial charge in [-0.25, -0.2) is 0 Å². The maximum atomic E-state index is 5.78. The molecular weight excluding hydrogens is 270 g/mol. The first-order valence-electron chi connectivity index (χ1n) is 4.13. The molecular formula is C9H13BrClNS. The number of alkyl halides is 1. The summed E-state index contributed by atoms with van der Waals surface area (Å²) >= 11 is 11.1. The first kappa shape index (κ1) is 11.5. The average molecular weight is 283 g/mol. The van der Waals surface area contributed by atoms with E-state index in [2.05, 4.69) is 46.2 Å². The van der Waals surface area contributed by atoms with Gasteiger partial charge in [-0.05, 0) is 41.3 Å². The quantitative estimate of drug-likeness (QED) is 0.763. The molecule has 0 saturated carbocycles. The van der Waals surface area contributed by atoms with Crippen LogP contribution in [0.4, 0.5) is 0 Å². The zero-order valence-electron chi connectivity index (χ0n) is 7.76. The van der Waals surface area contributed by atoms with Crippen LogP contribution in [-0.4, -0.2) is 23.9 Å². The Labute approximate surface area is 96.8 Å². The minimum atomic E-state index is 0.427. The van der Waals surface area contributed by atoms with Crippen LogP contribution >= 0.6 is 38.9 Å². The molecule has 13 heavy (non-hydrogen) atoms. The van der Waals surface area contributed by atoms with E-state index < -0.39 is 0 Å². The first-order valence-corrected chi connectivity index (χ1v) is 6.34. The second-order valence-corrected chi connectivity index (χ2v) is 5.27. The lowest BCUT2D eigenvalue weighted by Crippen LogP contribution is -2.29. The lowest BCUT2D eigenvalue weighted by molar-refractivity contribution is 0.270. The van der Waals surface area contributed by atoms with Crippen LogP contribution in [0.2, 0.25) is 0 Å². The van der Waals surface area contributed by atoms with Crippen LogP contribution in [0.25, 0.3) is 0 Å². The highest BCUT2D eigenvalue weighted by Gasteiger charge is 2.10. The van der Waals surface area contributed by atoms with Gasteiger partial charge in [0, 0.05) is 27.8 Å². The molecule has 1 rings (SSSR count). The molecule has 1 heterocycles. The molecule has 0 fully saturated rings. The van der Waals surface area contributed by atoms with Crippen molar-refractivity contribution in [3.8, 4) is 0 Å². The van der Waals surface area contributed by atoms with Gasteiger partial charge >= 0.3 is 0 Å². The number of thiophene rings is 1. The van der Waals surface area contributed by atoms with Gasteiger partial charge in [0.05, 0.1) is 0 Å². The Bertz CT molecular complexity index is 264. The van der Waals surface area contributed by atoms with Crippen molar-refractivity contribution >= 4 is 38.9 Å². The van der Waals surface area contributed by atoms with Crippen molar-refractivity contribution in [2.24, 2.45) is 0 Å². The number of halogens is 2. The van der Waals surface area contributed by atoms with Crippen LogP contribution in [-0.2, 0) is 6.54 Å². The third kappa shape index (κ3) is 3.24. The van der Waals surface area contributed by atoms with Gasteiger partial charge in [0.15, 0.2) is 0 Å². The Morgan fingerprint density at radius 1 is 1.69 bits per heavy atom. The molecule has 1 aromatic rings. The van der Waals surface area contributed by atoms with Crippen molar-refractivity contribution in [2.75, 3.05) is 12.9 Å². The largest absolute Gasteiger partial charge is 0.297 e. The summed E-state index contributed by atoms with van der Waals surface area (Å²) in [4.78, 5) is 3.61. The number of hydrogen-bond acceptors (Lipinski definition) is 2. The van der Waals surface area contributed by atoms with Gasteiger partial charge in [-0.1, -0.05) is 0 Å². The van der Waals surface area contributed by atoms with Gasteiger partial charge < -0.3 is 0 Å². The first-order chi connectivity index (χ1) is 6.15. The second-order valence-electron chi connectivity index (χ2n) is 3.11. The van der Waals surface area contributed by atoms with E-state index in [0.29, 0.717) is 11.9 Å². The fraction of sp³-hybridized carbons (Fsp3) is 0.556. The zero-order valence-corrected chi connectivity index (χ0v) is 10.9. The fourth-order valence-corrected chi connectivity index (χ4v) is 2.71. The van der Waals surface area contributed by atoms with Crippen molar-refractivity contribution in [3.05, 3.63) is 20.8 Å². The molecule has 1 nitrogen and oxygen atoms in total. The highest BCUT2D eigenvalue weighted by molar-refractivity contribution is 9.10. The predicted octanol–water partition coefficient (Wildman–Crippen LogP) is 3.57. The van der Waals surface area contributed by atoms with Crippen LogP contribution in [0, 0.1) is 0 Å². The Morgan fingerprint density at radius 2 is 2.38 bits per heavy atom. The van der Waals surface area contributed by atoms with Crippen LogP contribution in [0.15, 0.2) is 15.9 Å². The summed E-state index contributed by atoms with van der Waals surface area (Å²) in [6, 6.07) is 2.51. The molecule has 1 unspecified atom stereocenters. The third-order valence-electron chi connectivity index (χ3n) is 2.06. The second kappa shape index (κ2) is 5.35. The fourth-order valence-electron chi connectivity index (χ4n) is 0.938. The molecule has 1 atom stereocenters. The van der Waals surface area contributed by atoms with E-state index >= 15 is 0 Å². The summed E-state index contributed by atoms with van der Waals surface area (Å²) in [7, 11) is 2.10. The average Bonchev–Trinajstić information content (AvgIpc) is 2.50. The minimum absolute atomic E-state index is 0.427.